The summed E-state index contributed by atoms with van der Waals surface area (Å²) in [6.07, 6.45) is 3.89. The maximum absolute atomic E-state index is 5.48. The third kappa shape index (κ3) is 8.35. The number of piperidine rings is 1. The number of guanidine groups is 1. The smallest absolute Gasteiger partial charge is 0.191 e. The predicted molar refractivity (Wildman–Crippen MR) is 142 cm³/mol. The fraction of sp³-hybridized carbons (Fsp3) is 0.708. The molecule has 2 aliphatic heterocycles. The standard InChI is InChI=1S/C24H41N5O2.HI/c1-4-25-24(26-18-20(2)28-14-16-31-17-15-28)27-19-23(29-12-6-5-7-13-29)21-8-10-22(30-3)11-9-21;/h8-11,20,23H,4-7,12-19H2,1-3H3,(H2,25,26,27);1H. The molecule has 2 atom stereocenters. The molecule has 7 nitrogen and oxygen atoms in total. The summed E-state index contributed by atoms with van der Waals surface area (Å²) in [4.78, 5) is 9.97. The summed E-state index contributed by atoms with van der Waals surface area (Å²) in [5.41, 5.74) is 1.33. The second-order valence-electron chi connectivity index (χ2n) is 8.48. The molecule has 182 valence electrons. The van der Waals surface area contributed by atoms with Crippen molar-refractivity contribution in [2.24, 2.45) is 4.99 Å². The molecular formula is C24H42IN5O2. The van der Waals surface area contributed by atoms with Gasteiger partial charge in [-0.15, -0.1) is 24.0 Å². The average molecular weight is 560 g/mol. The summed E-state index contributed by atoms with van der Waals surface area (Å²) in [7, 11) is 1.72. The third-order valence-corrected chi connectivity index (χ3v) is 6.32. The first-order valence-corrected chi connectivity index (χ1v) is 11.9. The van der Waals surface area contributed by atoms with E-state index in [0.717, 1.165) is 70.7 Å². The molecule has 2 aliphatic rings. The van der Waals surface area contributed by atoms with Crippen molar-refractivity contribution in [3.8, 4) is 5.75 Å². The van der Waals surface area contributed by atoms with Crippen LogP contribution >= 0.6 is 24.0 Å². The molecule has 2 N–H and O–H groups in total. The summed E-state index contributed by atoms with van der Waals surface area (Å²) in [6.45, 7) is 12.8. The van der Waals surface area contributed by atoms with Crippen molar-refractivity contribution in [2.45, 2.75) is 45.2 Å². The summed E-state index contributed by atoms with van der Waals surface area (Å²) >= 11 is 0. The zero-order valence-electron chi connectivity index (χ0n) is 20.0. The van der Waals surface area contributed by atoms with Gasteiger partial charge < -0.3 is 20.1 Å². The molecule has 0 radical (unpaired) electrons. The van der Waals surface area contributed by atoms with E-state index in [4.69, 9.17) is 14.5 Å². The Balaban J connectivity index is 0.00000363. The largest absolute Gasteiger partial charge is 0.497 e. The Morgan fingerprint density at radius 3 is 2.34 bits per heavy atom. The topological polar surface area (TPSA) is 61.4 Å². The first-order chi connectivity index (χ1) is 15.2. The van der Waals surface area contributed by atoms with Gasteiger partial charge >= 0.3 is 0 Å². The van der Waals surface area contributed by atoms with Crippen molar-refractivity contribution in [1.82, 2.24) is 20.4 Å². The number of likely N-dealkylation sites (tertiary alicyclic amines) is 1. The zero-order chi connectivity index (χ0) is 21.9. The number of methoxy groups -OCH3 is 1. The molecule has 2 unspecified atom stereocenters. The van der Waals surface area contributed by atoms with Crippen LogP contribution in [0.5, 0.6) is 5.75 Å². The summed E-state index contributed by atoms with van der Waals surface area (Å²) < 4.78 is 10.8. The van der Waals surface area contributed by atoms with Crippen molar-refractivity contribution in [3.05, 3.63) is 29.8 Å². The van der Waals surface area contributed by atoms with E-state index in [1.54, 1.807) is 7.11 Å². The Hall–Kier alpha value is -1.10. The van der Waals surface area contributed by atoms with Gasteiger partial charge in [-0.3, -0.25) is 14.8 Å². The quantitative estimate of drug-likeness (QED) is 0.276. The van der Waals surface area contributed by atoms with Crippen LogP contribution in [0.3, 0.4) is 0 Å². The molecule has 0 bridgehead atoms. The molecular weight excluding hydrogens is 517 g/mol. The zero-order valence-corrected chi connectivity index (χ0v) is 22.3. The lowest BCUT2D eigenvalue weighted by Crippen LogP contribution is -2.46. The molecule has 0 aromatic heterocycles. The van der Waals surface area contributed by atoms with E-state index < -0.39 is 0 Å². The van der Waals surface area contributed by atoms with Gasteiger partial charge in [0.25, 0.3) is 0 Å². The molecule has 32 heavy (non-hydrogen) atoms. The Morgan fingerprint density at radius 2 is 1.72 bits per heavy atom. The fourth-order valence-electron chi connectivity index (χ4n) is 4.41. The Morgan fingerprint density at radius 1 is 1.03 bits per heavy atom. The Kier molecular flexibility index (Phi) is 12.7. The number of morpholine rings is 1. The molecule has 2 fully saturated rings. The minimum Gasteiger partial charge on any atom is -0.497 e. The van der Waals surface area contributed by atoms with Crippen LogP contribution in [0.15, 0.2) is 29.3 Å². The van der Waals surface area contributed by atoms with Gasteiger partial charge in [0, 0.05) is 32.2 Å². The summed E-state index contributed by atoms with van der Waals surface area (Å²) in [5, 5.41) is 7.05. The molecule has 8 heteroatoms. The van der Waals surface area contributed by atoms with Crippen LogP contribution in [-0.4, -0.2) is 87.9 Å². The molecule has 2 heterocycles. The number of halogens is 1. The summed E-state index contributed by atoms with van der Waals surface area (Å²) in [5.74, 6) is 1.80. The monoisotopic (exact) mass is 559 g/mol. The number of ether oxygens (including phenoxy) is 2. The number of rotatable bonds is 9. The molecule has 1 aromatic rings. The van der Waals surface area contributed by atoms with Crippen molar-refractivity contribution < 1.29 is 9.47 Å². The van der Waals surface area contributed by atoms with Crippen LogP contribution < -0.4 is 15.4 Å². The molecule has 2 saturated heterocycles. The number of aliphatic imine (C=N–C) groups is 1. The van der Waals surface area contributed by atoms with Gasteiger partial charge in [-0.05, 0) is 57.5 Å². The van der Waals surface area contributed by atoms with Crippen LogP contribution in [0.4, 0.5) is 0 Å². The maximum atomic E-state index is 5.48. The highest BCUT2D eigenvalue weighted by atomic mass is 127. The van der Waals surface area contributed by atoms with Crippen LogP contribution in [-0.2, 0) is 4.74 Å². The van der Waals surface area contributed by atoms with Crippen molar-refractivity contribution in [3.63, 3.8) is 0 Å². The van der Waals surface area contributed by atoms with Gasteiger partial charge in [0.05, 0.1) is 32.9 Å². The highest BCUT2D eigenvalue weighted by Gasteiger charge is 2.23. The van der Waals surface area contributed by atoms with E-state index in [-0.39, 0.29) is 24.0 Å². The molecule has 0 aliphatic carbocycles. The number of nitrogens with zero attached hydrogens (tertiary/aromatic N) is 3. The molecule has 3 rings (SSSR count). The first-order valence-electron chi connectivity index (χ1n) is 11.9. The van der Waals surface area contributed by atoms with E-state index in [9.17, 15) is 0 Å². The van der Waals surface area contributed by atoms with Crippen molar-refractivity contribution in [1.29, 1.82) is 0 Å². The Labute approximate surface area is 211 Å². The SMILES string of the molecule is CCNC(=NCC(C)N1CCOCC1)NCC(c1ccc(OC)cc1)N1CCCCC1.I. The first kappa shape index (κ1) is 27.1. The van der Waals surface area contributed by atoms with Crippen LogP contribution in [0.1, 0.15) is 44.7 Å². The van der Waals surface area contributed by atoms with E-state index in [2.05, 4.69) is 58.5 Å². The van der Waals surface area contributed by atoms with E-state index in [1.165, 1.54) is 24.8 Å². The van der Waals surface area contributed by atoms with E-state index in [1.807, 2.05) is 0 Å². The van der Waals surface area contributed by atoms with Gasteiger partial charge in [0.2, 0.25) is 0 Å². The number of hydrogen-bond acceptors (Lipinski definition) is 5. The van der Waals surface area contributed by atoms with Gasteiger partial charge in [-0.1, -0.05) is 18.6 Å². The minimum absolute atomic E-state index is 0. The second-order valence-corrected chi connectivity index (χ2v) is 8.48. The third-order valence-electron chi connectivity index (χ3n) is 6.32. The average Bonchev–Trinajstić information content (AvgIpc) is 2.84. The molecule has 0 saturated carbocycles. The summed E-state index contributed by atoms with van der Waals surface area (Å²) in [6, 6.07) is 9.27. The number of benzene rings is 1. The Bertz CT molecular complexity index is 661. The number of hydrogen-bond donors (Lipinski definition) is 2. The molecule has 1 aromatic carbocycles. The maximum Gasteiger partial charge on any atom is 0.191 e. The van der Waals surface area contributed by atoms with Crippen LogP contribution in [0, 0.1) is 0 Å². The lowest BCUT2D eigenvalue weighted by Gasteiger charge is -2.35. The molecule has 0 spiro atoms. The molecule has 0 amide bonds. The van der Waals surface area contributed by atoms with Crippen molar-refractivity contribution in [2.75, 3.05) is 66.1 Å². The predicted octanol–water partition coefficient (Wildman–Crippen LogP) is 3.12. The normalized spacial score (nSPS) is 20.2. The van der Waals surface area contributed by atoms with Gasteiger partial charge in [-0.25, -0.2) is 0 Å². The van der Waals surface area contributed by atoms with Gasteiger partial charge in [-0.2, -0.15) is 0 Å². The van der Waals surface area contributed by atoms with E-state index in [0.29, 0.717) is 12.1 Å². The van der Waals surface area contributed by atoms with Gasteiger partial charge in [0.1, 0.15) is 5.75 Å². The number of nitrogens with one attached hydrogen (secondary N) is 2. The second kappa shape index (κ2) is 14.9. The minimum atomic E-state index is 0. The van der Waals surface area contributed by atoms with E-state index >= 15 is 0 Å². The highest BCUT2D eigenvalue weighted by Crippen LogP contribution is 2.25. The highest BCUT2D eigenvalue weighted by molar-refractivity contribution is 14.0. The van der Waals surface area contributed by atoms with Crippen LogP contribution in [0.2, 0.25) is 0 Å². The fourth-order valence-corrected chi connectivity index (χ4v) is 4.41. The van der Waals surface area contributed by atoms with Gasteiger partial charge in [0.15, 0.2) is 5.96 Å². The van der Waals surface area contributed by atoms with Crippen LogP contribution in [0.25, 0.3) is 0 Å². The lowest BCUT2D eigenvalue weighted by atomic mass is 10.0. The van der Waals surface area contributed by atoms with Crippen molar-refractivity contribution >= 4 is 29.9 Å². The lowest BCUT2D eigenvalue weighted by molar-refractivity contribution is 0.0220.